The van der Waals surface area contributed by atoms with Crippen LogP contribution in [0.1, 0.15) is 16.7 Å². The maximum absolute atomic E-state index is 9.56. The molecule has 2 nitrogen and oxygen atoms in total. The quantitative estimate of drug-likeness (QED) is 0.914. The Kier molecular flexibility index (Phi) is 5.11. The van der Waals surface area contributed by atoms with Crippen LogP contribution < -0.4 is 0 Å². The summed E-state index contributed by atoms with van der Waals surface area (Å²) in [5, 5.41) is 9.56. The molecule has 0 saturated carbocycles. The fourth-order valence-electron chi connectivity index (χ4n) is 2.27. The zero-order valence-corrected chi connectivity index (χ0v) is 12.6. The van der Waals surface area contributed by atoms with E-state index >= 15 is 0 Å². The van der Waals surface area contributed by atoms with Gasteiger partial charge in [-0.1, -0.05) is 29.8 Å². The molecule has 0 bridgehead atoms. The van der Waals surface area contributed by atoms with Gasteiger partial charge in [-0.05, 0) is 58.8 Å². The van der Waals surface area contributed by atoms with E-state index in [9.17, 15) is 5.11 Å². The van der Waals surface area contributed by atoms with Crippen LogP contribution in [0.5, 0.6) is 0 Å². The summed E-state index contributed by atoms with van der Waals surface area (Å²) in [6, 6.07) is 10.5. The predicted molar refractivity (Wildman–Crippen MR) is 81.1 cm³/mol. The summed E-state index contributed by atoms with van der Waals surface area (Å²) < 4.78 is 0.984. The molecule has 0 spiro atoms. The van der Waals surface area contributed by atoms with E-state index in [-0.39, 0.29) is 12.5 Å². The summed E-state index contributed by atoms with van der Waals surface area (Å²) in [6.45, 7) is 2.29. The lowest BCUT2D eigenvalue weighted by Crippen LogP contribution is -2.13. The molecule has 3 heteroatoms. The molecule has 1 atom stereocenters. The maximum Gasteiger partial charge on any atom is 0.0465 e. The number of pyridine rings is 1. The Morgan fingerprint density at radius 3 is 2.63 bits per heavy atom. The van der Waals surface area contributed by atoms with Crippen molar-refractivity contribution in [3.63, 3.8) is 0 Å². The first-order chi connectivity index (χ1) is 9.17. The highest BCUT2D eigenvalue weighted by Gasteiger charge is 2.10. The van der Waals surface area contributed by atoms with E-state index in [1.807, 2.05) is 6.20 Å². The standard InChI is InChI=1S/C16H18BrNO/c1-12-3-2-4-13(5-12)6-15(11-19)7-14-8-16(17)10-18-9-14/h2-5,8-10,15,19H,6-7,11H2,1H3. The number of hydrogen-bond acceptors (Lipinski definition) is 2. The van der Waals surface area contributed by atoms with Gasteiger partial charge in [0.2, 0.25) is 0 Å². The molecule has 1 unspecified atom stereocenters. The third kappa shape index (κ3) is 4.44. The zero-order valence-electron chi connectivity index (χ0n) is 11.0. The van der Waals surface area contributed by atoms with Crippen molar-refractivity contribution in [2.75, 3.05) is 6.61 Å². The van der Waals surface area contributed by atoms with Crippen LogP contribution in [0.3, 0.4) is 0 Å². The summed E-state index contributed by atoms with van der Waals surface area (Å²) in [6.07, 6.45) is 5.38. The second kappa shape index (κ2) is 6.83. The first-order valence-electron chi connectivity index (χ1n) is 6.43. The number of aliphatic hydroxyl groups is 1. The van der Waals surface area contributed by atoms with E-state index in [4.69, 9.17) is 0 Å². The van der Waals surface area contributed by atoms with E-state index < -0.39 is 0 Å². The molecule has 1 aromatic heterocycles. The van der Waals surface area contributed by atoms with Crippen molar-refractivity contribution < 1.29 is 5.11 Å². The lowest BCUT2D eigenvalue weighted by atomic mass is 9.93. The maximum atomic E-state index is 9.56. The van der Waals surface area contributed by atoms with Crippen molar-refractivity contribution in [1.29, 1.82) is 0 Å². The van der Waals surface area contributed by atoms with Crippen molar-refractivity contribution in [3.8, 4) is 0 Å². The number of benzene rings is 1. The van der Waals surface area contributed by atoms with Crippen LogP contribution in [0.4, 0.5) is 0 Å². The number of rotatable bonds is 5. The van der Waals surface area contributed by atoms with E-state index in [2.05, 4.69) is 58.2 Å². The summed E-state index contributed by atoms with van der Waals surface area (Å²) in [5.41, 5.74) is 3.70. The van der Waals surface area contributed by atoms with Gasteiger partial charge in [-0.25, -0.2) is 0 Å². The molecule has 0 aliphatic rings. The van der Waals surface area contributed by atoms with Crippen LogP contribution >= 0.6 is 15.9 Å². The van der Waals surface area contributed by atoms with Crippen molar-refractivity contribution >= 4 is 15.9 Å². The highest BCUT2D eigenvalue weighted by Crippen LogP contribution is 2.17. The van der Waals surface area contributed by atoms with Crippen LogP contribution in [-0.2, 0) is 12.8 Å². The number of nitrogens with zero attached hydrogens (tertiary/aromatic N) is 1. The smallest absolute Gasteiger partial charge is 0.0465 e. The second-order valence-electron chi connectivity index (χ2n) is 4.96. The van der Waals surface area contributed by atoms with Gasteiger partial charge >= 0.3 is 0 Å². The minimum atomic E-state index is 0.195. The molecule has 0 aliphatic heterocycles. The third-order valence-electron chi connectivity index (χ3n) is 3.15. The first-order valence-corrected chi connectivity index (χ1v) is 7.22. The van der Waals surface area contributed by atoms with Gasteiger partial charge in [0.25, 0.3) is 0 Å². The van der Waals surface area contributed by atoms with E-state index in [0.717, 1.165) is 22.9 Å². The number of halogens is 1. The summed E-state index contributed by atoms with van der Waals surface area (Å²) in [7, 11) is 0. The van der Waals surface area contributed by atoms with E-state index in [1.165, 1.54) is 11.1 Å². The summed E-state index contributed by atoms with van der Waals surface area (Å²) in [4.78, 5) is 4.16. The van der Waals surface area contributed by atoms with Crippen molar-refractivity contribution in [3.05, 3.63) is 63.9 Å². The van der Waals surface area contributed by atoms with Gasteiger partial charge in [0.05, 0.1) is 0 Å². The highest BCUT2D eigenvalue weighted by molar-refractivity contribution is 9.10. The predicted octanol–water partition coefficient (Wildman–Crippen LogP) is 3.55. The Balaban J connectivity index is 2.04. The minimum Gasteiger partial charge on any atom is -0.396 e. The molecular formula is C16H18BrNO. The Bertz CT molecular complexity index is 494. The number of hydrogen-bond donors (Lipinski definition) is 1. The molecule has 1 heterocycles. The van der Waals surface area contributed by atoms with Crippen molar-refractivity contribution in [2.24, 2.45) is 5.92 Å². The Labute approximate surface area is 122 Å². The minimum absolute atomic E-state index is 0.195. The first kappa shape index (κ1) is 14.2. The Morgan fingerprint density at radius 1 is 1.16 bits per heavy atom. The lowest BCUT2D eigenvalue weighted by Gasteiger charge is -2.14. The van der Waals surface area contributed by atoms with Gasteiger partial charge in [0.15, 0.2) is 0 Å². The average Bonchev–Trinajstić information content (AvgIpc) is 2.38. The molecule has 0 aliphatic carbocycles. The number of aliphatic hydroxyl groups excluding tert-OH is 1. The lowest BCUT2D eigenvalue weighted by molar-refractivity contribution is 0.225. The zero-order chi connectivity index (χ0) is 13.7. The Hall–Kier alpha value is -1.19. The number of aromatic nitrogens is 1. The molecule has 2 rings (SSSR count). The largest absolute Gasteiger partial charge is 0.396 e. The van der Waals surface area contributed by atoms with Crippen LogP contribution in [0.25, 0.3) is 0 Å². The van der Waals surface area contributed by atoms with Gasteiger partial charge in [-0.2, -0.15) is 0 Å². The van der Waals surface area contributed by atoms with Gasteiger partial charge in [0.1, 0.15) is 0 Å². The fourth-order valence-corrected chi connectivity index (χ4v) is 2.69. The topological polar surface area (TPSA) is 33.1 Å². The SMILES string of the molecule is Cc1cccc(CC(CO)Cc2cncc(Br)c2)c1. The molecule has 1 N–H and O–H groups in total. The van der Waals surface area contributed by atoms with Gasteiger partial charge in [-0.15, -0.1) is 0 Å². The molecule has 2 aromatic rings. The van der Waals surface area contributed by atoms with Crippen LogP contribution in [0, 0.1) is 12.8 Å². The molecule has 100 valence electrons. The van der Waals surface area contributed by atoms with Crippen LogP contribution in [0.15, 0.2) is 47.2 Å². The summed E-state index contributed by atoms with van der Waals surface area (Å²) >= 11 is 3.43. The van der Waals surface area contributed by atoms with E-state index in [0.29, 0.717) is 0 Å². The average molecular weight is 320 g/mol. The molecule has 0 amide bonds. The van der Waals surface area contributed by atoms with Crippen molar-refractivity contribution in [1.82, 2.24) is 4.98 Å². The number of aryl methyl sites for hydroxylation is 1. The monoisotopic (exact) mass is 319 g/mol. The molecule has 1 aromatic carbocycles. The third-order valence-corrected chi connectivity index (χ3v) is 3.58. The Morgan fingerprint density at radius 2 is 1.95 bits per heavy atom. The van der Waals surface area contributed by atoms with E-state index in [1.54, 1.807) is 6.20 Å². The van der Waals surface area contributed by atoms with Gasteiger partial charge in [-0.3, -0.25) is 4.98 Å². The molecule has 0 saturated heterocycles. The van der Waals surface area contributed by atoms with Gasteiger partial charge < -0.3 is 5.11 Å². The fraction of sp³-hybridized carbons (Fsp3) is 0.312. The molecule has 0 fully saturated rings. The van der Waals surface area contributed by atoms with Crippen LogP contribution in [-0.4, -0.2) is 16.7 Å². The second-order valence-corrected chi connectivity index (χ2v) is 5.87. The molecule has 19 heavy (non-hydrogen) atoms. The van der Waals surface area contributed by atoms with Crippen molar-refractivity contribution in [2.45, 2.75) is 19.8 Å². The molecule has 0 radical (unpaired) electrons. The molecular weight excluding hydrogens is 302 g/mol. The normalized spacial score (nSPS) is 12.4. The van der Waals surface area contributed by atoms with Gasteiger partial charge in [0, 0.05) is 23.5 Å². The van der Waals surface area contributed by atoms with Crippen LogP contribution in [0.2, 0.25) is 0 Å². The highest BCUT2D eigenvalue weighted by atomic mass is 79.9. The summed E-state index contributed by atoms with van der Waals surface area (Å²) in [5.74, 6) is 0.234.